The van der Waals surface area contributed by atoms with Gasteiger partial charge in [-0.1, -0.05) is 48.9 Å². The summed E-state index contributed by atoms with van der Waals surface area (Å²) in [4.78, 5) is 14.2. The van der Waals surface area contributed by atoms with Gasteiger partial charge in [0.1, 0.15) is 5.75 Å². The van der Waals surface area contributed by atoms with Crippen LogP contribution >= 0.6 is 0 Å². The first-order valence-corrected chi connectivity index (χ1v) is 8.71. The zero-order valence-corrected chi connectivity index (χ0v) is 15.6. The maximum Gasteiger partial charge on any atom is 0.258 e. The quantitative estimate of drug-likeness (QED) is 0.801. The van der Waals surface area contributed by atoms with Crippen LogP contribution in [0.25, 0.3) is 0 Å². The Morgan fingerprint density at radius 2 is 1.72 bits per heavy atom. The van der Waals surface area contributed by atoms with Crippen molar-refractivity contribution < 1.29 is 9.53 Å². The molecule has 2 aromatic rings. The first-order chi connectivity index (χ1) is 12.0. The molecule has 0 aliphatic rings. The minimum absolute atomic E-state index is 0.0273. The van der Waals surface area contributed by atoms with Gasteiger partial charge in [-0.05, 0) is 50.7 Å². The van der Waals surface area contributed by atoms with Gasteiger partial charge in [0.05, 0.1) is 6.04 Å². The molecule has 134 valence electrons. The Kier molecular flexibility index (Phi) is 7.02. The monoisotopic (exact) mass is 340 g/mol. The second kappa shape index (κ2) is 9.23. The van der Waals surface area contributed by atoms with Gasteiger partial charge in [-0.15, -0.1) is 0 Å². The first kappa shape index (κ1) is 19.0. The van der Waals surface area contributed by atoms with Crippen molar-refractivity contribution in [1.29, 1.82) is 0 Å². The maximum atomic E-state index is 12.1. The lowest BCUT2D eigenvalue weighted by Gasteiger charge is -2.25. The molecule has 0 spiro atoms. The average Bonchev–Trinajstić information content (AvgIpc) is 2.61. The van der Waals surface area contributed by atoms with Gasteiger partial charge in [-0.2, -0.15) is 0 Å². The fourth-order valence-corrected chi connectivity index (χ4v) is 2.62. The van der Waals surface area contributed by atoms with Crippen LogP contribution in [0.2, 0.25) is 0 Å². The highest BCUT2D eigenvalue weighted by atomic mass is 16.5. The van der Waals surface area contributed by atoms with E-state index in [9.17, 15) is 4.79 Å². The first-order valence-electron chi connectivity index (χ1n) is 8.71. The molecule has 0 aliphatic carbocycles. The van der Waals surface area contributed by atoms with E-state index in [1.807, 2.05) is 38.4 Å². The third-order valence-corrected chi connectivity index (χ3v) is 4.28. The molecular formula is C21H28N2O2. The number of benzene rings is 2. The molecule has 1 amide bonds. The number of carbonyl (C=O) groups excluding carboxylic acids is 1. The number of ether oxygens (including phenoxy) is 1. The smallest absolute Gasteiger partial charge is 0.258 e. The molecule has 0 bridgehead atoms. The average molecular weight is 340 g/mol. The summed E-state index contributed by atoms with van der Waals surface area (Å²) in [5.74, 6) is 0.605. The Balaban J connectivity index is 1.85. The zero-order valence-electron chi connectivity index (χ0n) is 15.6. The molecule has 1 atom stereocenters. The van der Waals surface area contributed by atoms with Gasteiger partial charge in [0, 0.05) is 6.54 Å². The van der Waals surface area contributed by atoms with Crippen LogP contribution in [0.15, 0.2) is 48.5 Å². The molecule has 1 N–H and O–H groups in total. The number of likely N-dealkylation sites (N-methyl/N-ethyl adjacent to an activating group) is 1. The van der Waals surface area contributed by atoms with E-state index in [2.05, 4.69) is 48.3 Å². The van der Waals surface area contributed by atoms with Crippen molar-refractivity contribution in [2.24, 2.45) is 0 Å². The van der Waals surface area contributed by atoms with E-state index >= 15 is 0 Å². The Hall–Kier alpha value is -2.33. The summed E-state index contributed by atoms with van der Waals surface area (Å²) in [6, 6.07) is 16.4. The van der Waals surface area contributed by atoms with E-state index in [1.165, 1.54) is 16.7 Å². The van der Waals surface area contributed by atoms with Crippen LogP contribution in [0, 0.1) is 6.92 Å². The maximum absolute atomic E-state index is 12.1. The van der Waals surface area contributed by atoms with Crippen molar-refractivity contribution in [1.82, 2.24) is 10.2 Å². The minimum atomic E-state index is -0.112. The fourth-order valence-electron chi connectivity index (χ4n) is 2.62. The van der Waals surface area contributed by atoms with Crippen LogP contribution in [0.4, 0.5) is 0 Å². The van der Waals surface area contributed by atoms with Crippen molar-refractivity contribution in [3.05, 3.63) is 65.2 Å². The molecule has 25 heavy (non-hydrogen) atoms. The molecule has 0 saturated carbocycles. The summed E-state index contributed by atoms with van der Waals surface area (Å²) in [6.45, 7) is 4.76. The molecule has 4 heteroatoms. The number of hydrogen-bond acceptors (Lipinski definition) is 3. The topological polar surface area (TPSA) is 41.6 Å². The van der Waals surface area contributed by atoms with Crippen molar-refractivity contribution in [2.75, 3.05) is 27.2 Å². The van der Waals surface area contributed by atoms with Crippen molar-refractivity contribution in [2.45, 2.75) is 26.3 Å². The van der Waals surface area contributed by atoms with Crippen LogP contribution in [0.3, 0.4) is 0 Å². The van der Waals surface area contributed by atoms with Crippen molar-refractivity contribution >= 4 is 5.91 Å². The summed E-state index contributed by atoms with van der Waals surface area (Å²) < 4.78 is 5.56. The molecular weight excluding hydrogens is 312 g/mol. The number of nitrogens with one attached hydrogen (secondary N) is 1. The van der Waals surface area contributed by atoms with Gasteiger partial charge in [-0.3, -0.25) is 4.79 Å². The normalized spacial score (nSPS) is 12.0. The highest BCUT2D eigenvalue weighted by molar-refractivity contribution is 5.77. The van der Waals surface area contributed by atoms with Gasteiger partial charge in [0.15, 0.2) is 6.61 Å². The van der Waals surface area contributed by atoms with Gasteiger partial charge in [0.25, 0.3) is 5.91 Å². The standard InChI is InChI=1S/C21H28N2O2/c1-5-17-8-12-19(13-9-17)25-15-21(24)22-14-20(23(3)4)18-10-6-16(2)7-11-18/h6-13,20H,5,14-15H2,1-4H3,(H,22,24)/t20-/m1/s1. The highest BCUT2D eigenvalue weighted by Gasteiger charge is 2.15. The SMILES string of the molecule is CCc1ccc(OCC(=O)NC[C@H](c2ccc(C)cc2)N(C)C)cc1. The second-order valence-corrected chi connectivity index (χ2v) is 6.48. The predicted molar refractivity (Wildman–Crippen MR) is 102 cm³/mol. The molecule has 0 unspecified atom stereocenters. The molecule has 2 aromatic carbocycles. The fraction of sp³-hybridized carbons (Fsp3) is 0.381. The summed E-state index contributed by atoms with van der Waals surface area (Å²) in [6.07, 6.45) is 0.992. The molecule has 0 radical (unpaired) electrons. The number of rotatable bonds is 8. The van der Waals surface area contributed by atoms with Gasteiger partial charge in [0.2, 0.25) is 0 Å². The van der Waals surface area contributed by atoms with E-state index < -0.39 is 0 Å². The lowest BCUT2D eigenvalue weighted by atomic mass is 10.0. The summed E-state index contributed by atoms with van der Waals surface area (Å²) in [5, 5.41) is 2.96. The van der Waals surface area contributed by atoms with E-state index in [4.69, 9.17) is 4.74 Å². The van der Waals surface area contributed by atoms with E-state index in [1.54, 1.807) is 0 Å². The number of hydrogen-bond donors (Lipinski definition) is 1. The Morgan fingerprint density at radius 3 is 2.28 bits per heavy atom. The third-order valence-electron chi connectivity index (χ3n) is 4.28. The van der Waals surface area contributed by atoms with Crippen LogP contribution in [0.1, 0.15) is 29.7 Å². The van der Waals surface area contributed by atoms with Gasteiger partial charge >= 0.3 is 0 Å². The summed E-state index contributed by atoms with van der Waals surface area (Å²) in [7, 11) is 4.03. The lowest BCUT2D eigenvalue weighted by molar-refractivity contribution is -0.123. The van der Waals surface area contributed by atoms with E-state index in [0.29, 0.717) is 6.54 Å². The molecule has 0 fully saturated rings. The molecule has 4 nitrogen and oxygen atoms in total. The van der Waals surface area contributed by atoms with Crippen molar-refractivity contribution in [3.63, 3.8) is 0 Å². The molecule has 0 heterocycles. The molecule has 0 saturated heterocycles. The number of carbonyl (C=O) groups is 1. The summed E-state index contributed by atoms with van der Waals surface area (Å²) in [5.41, 5.74) is 3.67. The van der Waals surface area contributed by atoms with Crippen LogP contribution in [-0.2, 0) is 11.2 Å². The Morgan fingerprint density at radius 1 is 1.08 bits per heavy atom. The molecule has 0 aromatic heterocycles. The minimum Gasteiger partial charge on any atom is -0.484 e. The predicted octanol–water partition coefficient (Wildman–Crippen LogP) is 3.36. The van der Waals surface area contributed by atoms with Crippen LogP contribution in [-0.4, -0.2) is 38.1 Å². The molecule has 0 aliphatic heterocycles. The third kappa shape index (κ3) is 5.91. The number of amides is 1. The Bertz CT molecular complexity index is 663. The number of nitrogens with zero attached hydrogens (tertiary/aromatic N) is 1. The second-order valence-electron chi connectivity index (χ2n) is 6.48. The van der Waals surface area contributed by atoms with E-state index in [-0.39, 0.29) is 18.6 Å². The largest absolute Gasteiger partial charge is 0.484 e. The summed E-state index contributed by atoms with van der Waals surface area (Å²) >= 11 is 0. The Labute approximate surface area is 150 Å². The number of aryl methyl sites for hydroxylation is 2. The van der Waals surface area contributed by atoms with Crippen LogP contribution in [0.5, 0.6) is 5.75 Å². The zero-order chi connectivity index (χ0) is 18.2. The van der Waals surface area contributed by atoms with Gasteiger partial charge in [-0.25, -0.2) is 0 Å². The van der Waals surface area contributed by atoms with E-state index in [0.717, 1.165) is 12.2 Å². The van der Waals surface area contributed by atoms with Crippen LogP contribution < -0.4 is 10.1 Å². The highest BCUT2D eigenvalue weighted by Crippen LogP contribution is 2.18. The molecule has 2 rings (SSSR count). The lowest BCUT2D eigenvalue weighted by Crippen LogP contribution is -2.36. The van der Waals surface area contributed by atoms with Crippen molar-refractivity contribution in [3.8, 4) is 5.75 Å². The van der Waals surface area contributed by atoms with Gasteiger partial charge < -0.3 is 15.0 Å².